The molecule has 5 aromatic rings. The maximum absolute atomic E-state index is 13.6. The van der Waals surface area contributed by atoms with Gasteiger partial charge in [-0.2, -0.15) is 0 Å². The number of nitrogens with zero attached hydrogens (tertiary/aromatic N) is 4. The molecular formula is C62H70N4O19. The van der Waals surface area contributed by atoms with Crippen LogP contribution in [0.25, 0.3) is 22.3 Å². The maximum Gasteiger partial charge on any atom is 0.415 e. The molecule has 5 fully saturated rings. The topological polar surface area (TPSA) is 275 Å². The number of aryl methyl sites for hydroxylation is 1. The second-order valence-corrected chi connectivity index (χ2v) is 23.2. The lowest BCUT2D eigenvalue weighted by molar-refractivity contribution is -0.364. The van der Waals surface area contributed by atoms with Gasteiger partial charge in [-0.05, 0) is 129 Å². The average Bonchev–Trinajstić information content (AvgIpc) is 1.87. The fourth-order valence-corrected chi connectivity index (χ4v) is 14.2. The van der Waals surface area contributed by atoms with Crippen molar-refractivity contribution in [2.75, 3.05) is 60.4 Å². The summed E-state index contributed by atoms with van der Waals surface area (Å²) in [5, 5.41) is 44.6. The molecule has 5 saturated heterocycles. The van der Waals surface area contributed by atoms with E-state index in [1.54, 1.807) is 54.8 Å². The number of cyclic esters (lactones) is 2. The van der Waals surface area contributed by atoms with Crippen LogP contribution in [-0.2, 0) is 63.2 Å². The number of piperidine rings is 2. The predicted molar refractivity (Wildman–Crippen MR) is 298 cm³/mol. The van der Waals surface area contributed by atoms with Crippen molar-refractivity contribution in [3.8, 4) is 45.9 Å². The highest BCUT2D eigenvalue weighted by molar-refractivity contribution is 5.90. The van der Waals surface area contributed by atoms with Gasteiger partial charge >= 0.3 is 18.0 Å². The summed E-state index contributed by atoms with van der Waals surface area (Å²) in [6, 6.07) is 14.7. The molecule has 0 spiro atoms. The molecule has 23 nitrogen and oxygen atoms in total. The molecule has 23 heteroatoms. The fraction of sp³-hybridized carbons (Fsp3) is 0.532. The zero-order valence-corrected chi connectivity index (χ0v) is 48.0. The van der Waals surface area contributed by atoms with Crippen LogP contribution in [0.5, 0.6) is 34.5 Å². The third-order valence-corrected chi connectivity index (χ3v) is 18.7. The summed E-state index contributed by atoms with van der Waals surface area (Å²) in [6.45, 7) is 9.58. The number of hydrogen-bond acceptors (Lipinski definition) is 21. The van der Waals surface area contributed by atoms with Crippen LogP contribution in [0.4, 0.5) is 4.79 Å². The molecular weight excluding hydrogens is 1100 g/mol. The lowest BCUT2D eigenvalue weighted by Crippen LogP contribution is -2.63. The Morgan fingerprint density at radius 3 is 2.27 bits per heavy atom. The highest BCUT2D eigenvalue weighted by Gasteiger charge is 2.56. The van der Waals surface area contributed by atoms with Gasteiger partial charge in [-0.25, -0.2) is 14.6 Å². The van der Waals surface area contributed by atoms with Crippen molar-refractivity contribution in [3.63, 3.8) is 0 Å². The van der Waals surface area contributed by atoms with E-state index in [0.29, 0.717) is 88.6 Å². The number of amides is 1. The Kier molecular flexibility index (Phi) is 15.2. The second-order valence-electron chi connectivity index (χ2n) is 23.2. The van der Waals surface area contributed by atoms with E-state index in [1.165, 1.54) is 46.6 Å². The van der Waals surface area contributed by atoms with Crippen LogP contribution in [0.1, 0.15) is 110 Å². The Morgan fingerprint density at radius 2 is 1.56 bits per heavy atom. The highest BCUT2D eigenvalue weighted by atomic mass is 16.8. The first-order valence-electron chi connectivity index (χ1n) is 29.4. The van der Waals surface area contributed by atoms with Crippen LogP contribution in [0, 0.1) is 11.8 Å². The molecule has 2 unspecified atom stereocenters. The summed E-state index contributed by atoms with van der Waals surface area (Å²) in [5.41, 5.74) is 4.40. The van der Waals surface area contributed by atoms with Crippen LogP contribution >= 0.6 is 0 Å². The van der Waals surface area contributed by atoms with Gasteiger partial charge in [-0.1, -0.05) is 20.3 Å². The van der Waals surface area contributed by atoms with Crippen molar-refractivity contribution in [2.45, 2.75) is 140 Å². The lowest BCUT2D eigenvalue weighted by atomic mass is 9.66. The maximum atomic E-state index is 13.6. The number of aliphatic hydroxyl groups excluding tert-OH is 2. The van der Waals surface area contributed by atoms with Crippen LogP contribution in [0.2, 0.25) is 0 Å². The Labute approximate surface area is 489 Å². The largest absolute Gasteiger partial charge is 0.502 e. The molecule has 3 aromatic carbocycles. The zero-order valence-electron chi connectivity index (χ0n) is 48.0. The van der Waals surface area contributed by atoms with E-state index in [4.69, 9.17) is 57.1 Å². The molecule has 2 aromatic heterocycles. The number of aliphatic hydroxyl groups is 3. The third kappa shape index (κ3) is 9.79. The van der Waals surface area contributed by atoms with E-state index in [-0.39, 0.29) is 61.9 Å². The van der Waals surface area contributed by atoms with E-state index in [1.807, 2.05) is 17.0 Å². The Balaban J connectivity index is 0.000000158. The Bertz CT molecular complexity index is 3500. The van der Waals surface area contributed by atoms with Gasteiger partial charge in [0, 0.05) is 47.5 Å². The van der Waals surface area contributed by atoms with Gasteiger partial charge in [-0.15, -0.1) is 0 Å². The van der Waals surface area contributed by atoms with E-state index in [0.717, 1.165) is 34.9 Å². The summed E-state index contributed by atoms with van der Waals surface area (Å²) in [5.74, 6) is -1.29. The minimum Gasteiger partial charge on any atom is -0.502 e. The van der Waals surface area contributed by atoms with Gasteiger partial charge in [-0.3, -0.25) is 9.59 Å². The number of rotatable bonds is 9. The number of phenolic OH excluding ortho intramolecular Hbond substituents is 1. The van der Waals surface area contributed by atoms with E-state index in [9.17, 15) is 39.6 Å². The van der Waals surface area contributed by atoms with Crippen LogP contribution < -0.4 is 29.2 Å². The highest BCUT2D eigenvalue weighted by Crippen LogP contribution is 2.57. The van der Waals surface area contributed by atoms with Crippen molar-refractivity contribution < 1.29 is 86.9 Å². The minimum absolute atomic E-state index is 0.0301. The summed E-state index contributed by atoms with van der Waals surface area (Å²) in [4.78, 5) is 61.9. The van der Waals surface area contributed by atoms with Gasteiger partial charge in [0.2, 0.25) is 12.5 Å². The SMILES string of the molecule is CCc1c2c(nc3ccc(OC(=O)N4CCC(N5CCCCC5)CC4)cc13)-c1cc3c(c(=O)n1C2)COC(=O)[C@]3(O)CC.COc1cc([C@@H]2c3cc4c(cc3C(O[C@@H]3O[C@@H]5CO[C@@H](C)O[C@H]5[C@H](O)[C@H]3O)C3COC(=O)[C@@H]32)OCO4)cc(OC)c1O. The van der Waals surface area contributed by atoms with Crippen molar-refractivity contribution in [1.82, 2.24) is 19.4 Å². The molecule has 4 N–H and O–H groups in total. The summed E-state index contributed by atoms with van der Waals surface area (Å²) in [6.07, 6.45) is -0.536. The molecule has 1 amide bonds. The standard InChI is InChI=1S/C33H38N4O6.C29H32O13/c1-3-22-23-16-21(43-32(40)36-14-10-20(11-15-36)35-12-6-5-7-13-35)8-9-27(23)34-29-24(22)18-37-28(29)17-26-25(30(37)38)19-42-31(39)33(26,41)4-2;1-11-36-9-20-27(40-11)24(31)25(32)29(41-20)42-26-14-7-17-16(38-10-39-17)6-13(14)21(22-15(26)8-37-28(22)33)12-4-18(34-2)23(30)19(5-12)35-3/h8-9,16-17,20,41H,3-7,10-15,18-19H2,1-2H3;4-7,11,15,20-22,24-27,29-32H,8-10H2,1-3H3/t33-;11-,15?,20-,21-,22+,24-,25-,26?,27-,29+/m01/s1. The van der Waals surface area contributed by atoms with Crippen LogP contribution in [0.15, 0.2) is 53.3 Å². The van der Waals surface area contributed by atoms with Crippen molar-refractivity contribution in [3.05, 3.63) is 97.8 Å². The van der Waals surface area contributed by atoms with Gasteiger partial charge in [0.05, 0.1) is 68.5 Å². The number of carbonyl (C=O) groups excluding carboxylic acids is 3. The first kappa shape index (κ1) is 57.0. The van der Waals surface area contributed by atoms with Gasteiger partial charge in [0.1, 0.15) is 36.8 Å². The number of pyridine rings is 2. The number of fused-ring (bicyclic) bond motifs is 9. The average molecular weight is 1180 g/mol. The lowest BCUT2D eigenvalue weighted by Gasteiger charge is -2.47. The number of benzene rings is 3. The number of carbonyl (C=O) groups is 3. The molecule has 0 bridgehead atoms. The number of methoxy groups -OCH3 is 2. The summed E-state index contributed by atoms with van der Waals surface area (Å²) in [7, 11) is 2.86. The fourth-order valence-electron chi connectivity index (χ4n) is 14.2. The normalized spacial score (nSPS) is 29.2. The molecule has 9 aliphatic rings. The summed E-state index contributed by atoms with van der Waals surface area (Å²) >= 11 is 0. The second kappa shape index (κ2) is 22.6. The molecule has 14 rings (SSSR count). The number of ether oxygens (including phenoxy) is 11. The molecule has 85 heavy (non-hydrogen) atoms. The van der Waals surface area contributed by atoms with E-state index in [2.05, 4.69) is 11.8 Å². The number of aromatic nitrogens is 2. The number of likely N-dealkylation sites (tertiary alicyclic amines) is 2. The number of hydrogen-bond donors (Lipinski definition) is 4. The molecule has 11 atom stereocenters. The molecule has 0 radical (unpaired) electrons. The molecule has 8 aliphatic heterocycles. The molecule has 0 saturated carbocycles. The van der Waals surface area contributed by atoms with Crippen molar-refractivity contribution in [2.24, 2.45) is 11.8 Å². The quantitative estimate of drug-likeness (QED) is 0.131. The predicted octanol–water partition coefficient (Wildman–Crippen LogP) is 5.43. The van der Waals surface area contributed by atoms with Gasteiger partial charge < -0.3 is 86.9 Å². The van der Waals surface area contributed by atoms with E-state index < -0.39 is 78.4 Å². The van der Waals surface area contributed by atoms with Gasteiger partial charge in [0.15, 0.2) is 41.2 Å². The number of phenols is 1. The molecule has 10 heterocycles. The third-order valence-electron chi connectivity index (χ3n) is 18.7. The smallest absolute Gasteiger partial charge is 0.415 e. The van der Waals surface area contributed by atoms with Crippen molar-refractivity contribution in [1.29, 1.82) is 0 Å². The number of esters is 2. The monoisotopic (exact) mass is 1170 g/mol. The minimum atomic E-state index is -1.86. The first-order valence-corrected chi connectivity index (χ1v) is 29.4. The molecule has 1 aliphatic carbocycles. The Hall–Kier alpha value is -7.09. The Morgan fingerprint density at radius 1 is 0.835 bits per heavy atom. The van der Waals surface area contributed by atoms with Crippen LogP contribution in [-0.4, -0.2) is 161 Å². The van der Waals surface area contributed by atoms with Crippen molar-refractivity contribution >= 4 is 28.9 Å². The zero-order chi connectivity index (χ0) is 59.2. The first-order chi connectivity index (χ1) is 41.1. The molecule has 452 valence electrons. The van der Waals surface area contributed by atoms with E-state index >= 15 is 0 Å². The number of aromatic hydroxyl groups is 1. The van der Waals surface area contributed by atoms with Gasteiger partial charge in [0.25, 0.3) is 5.56 Å². The van der Waals surface area contributed by atoms with Crippen LogP contribution in [0.3, 0.4) is 0 Å². The summed E-state index contributed by atoms with van der Waals surface area (Å²) < 4.78 is 64.2.